The van der Waals surface area contributed by atoms with Gasteiger partial charge < -0.3 is 10.2 Å². The van der Waals surface area contributed by atoms with Crippen LogP contribution in [0.25, 0.3) is 0 Å². The molecular formula is C17H11BrN4O2. The maximum Gasteiger partial charge on any atom is 0.169 e. The van der Waals surface area contributed by atoms with Crippen LogP contribution < -0.4 is 0 Å². The molecule has 2 rings (SSSR count). The van der Waals surface area contributed by atoms with Gasteiger partial charge in [-0.2, -0.15) is 15.8 Å². The van der Waals surface area contributed by atoms with Crippen molar-refractivity contribution in [1.82, 2.24) is 0 Å². The number of aldehydes is 1. The van der Waals surface area contributed by atoms with Crippen molar-refractivity contribution in [3.63, 3.8) is 0 Å². The first-order valence-corrected chi connectivity index (χ1v) is 7.75. The maximum atomic E-state index is 12.6. The summed E-state index contributed by atoms with van der Waals surface area (Å²) in [5.41, 5.74) is -3.85. The Morgan fingerprint density at radius 3 is 2.29 bits per heavy atom. The van der Waals surface area contributed by atoms with Crippen LogP contribution in [0.3, 0.4) is 0 Å². The Bertz CT molecular complexity index is 827. The molecule has 1 aliphatic carbocycles. The maximum absolute atomic E-state index is 12.6. The van der Waals surface area contributed by atoms with Crippen LogP contribution in [-0.2, 0) is 4.79 Å². The fourth-order valence-electron chi connectivity index (χ4n) is 3.00. The van der Waals surface area contributed by atoms with Crippen LogP contribution in [-0.4, -0.2) is 17.8 Å². The van der Waals surface area contributed by atoms with E-state index in [1.165, 1.54) is 0 Å². The van der Waals surface area contributed by atoms with Gasteiger partial charge in [0.25, 0.3) is 0 Å². The van der Waals surface area contributed by atoms with Crippen LogP contribution in [0.4, 0.5) is 0 Å². The molecule has 1 N–H and O–H groups in total. The predicted molar refractivity (Wildman–Crippen MR) is 86.7 cm³/mol. The van der Waals surface area contributed by atoms with Crippen molar-refractivity contribution >= 4 is 33.7 Å². The standard InChI is InChI=1S/C17H11BrN4O2/c18-13-3-1-11(2-4-13)14(24)6-17(10-21)15(22)12(7-23)5-16(17,8-19)9-20/h1-4,7,12,22H,5-6H2/t12?,17-/m1/s1. The molecule has 0 aliphatic heterocycles. The van der Waals surface area contributed by atoms with Gasteiger partial charge in [0.2, 0.25) is 0 Å². The van der Waals surface area contributed by atoms with Gasteiger partial charge in [-0.1, -0.05) is 28.1 Å². The quantitative estimate of drug-likeness (QED) is 0.631. The second-order valence-electron chi connectivity index (χ2n) is 5.61. The van der Waals surface area contributed by atoms with Crippen molar-refractivity contribution in [1.29, 1.82) is 21.2 Å². The third-order valence-corrected chi connectivity index (χ3v) is 4.94. The van der Waals surface area contributed by atoms with Crippen molar-refractivity contribution in [2.45, 2.75) is 12.8 Å². The number of halogens is 1. The molecule has 1 fully saturated rings. The summed E-state index contributed by atoms with van der Waals surface area (Å²) in [4.78, 5) is 23.7. The molecule has 118 valence electrons. The van der Waals surface area contributed by atoms with Crippen LogP contribution in [0, 0.1) is 56.2 Å². The Labute approximate surface area is 146 Å². The minimum atomic E-state index is -1.92. The van der Waals surface area contributed by atoms with Gasteiger partial charge in [-0.25, -0.2) is 0 Å². The summed E-state index contributed by atoms with van der Waals surface area (Å²) in [5.74, 6) is -1.48. The Hall–Kier alpha value is -2.82. The molecule has 1 aromatic rings. The monoisotopic (exact) mass is 382 g/mol. The highest BCUT2D eigenvalue weighted by molar-refractivity contribution is 9.10. The minimum absolute atomic E-state index is 0.247. The summed E-state index contributed by atoms with van der Waals surface area (Å²) in [6.45, 7) is 0. The number of nitrogens with one attached hydrogen (secondary N) is 1. The average molecular weight is 383 g/mol. The third-order valence-electron chi connectivity index (χ3n) is 4.41. The molecular weight excluding hydrogens is 372 g/mol. The van der Waals surface area contributed by atoms with Crippen molar-refractivity contribution < 1.29 is 9.59 Å². The van der Waals surface area contributed by atoms with Crippen molar-refractivity contribution in [3.8, 4) is 18.2 Å². The average Bonchev–Trinajstić information content (AvgIpc) is 2.84. The van der Waals surface area contributed by atoms with Crippen LogP contribution in [0.2, 0.25) is 0 Å². The lowest BCUT2D eigenvalue weighted by molar-refractivity contribution is -0.109. The van der Waals surface area contributed by atoms with Gasteiger partial charge in [-0.15, -0.1) is 0 Å². The molecule has 6 nitrogen and oxygen atoms in total. The van der Waals surface area contributed by atoms with E-state index in [2.05, 4.69) is 15.9 Å². The number of nitriles is 3. The molecule has 7 heteroatoms. The highest BCUT2D eigenvalue weighted by atomic mass is 79.9. The molecule has 0 radical (unpaired) electrons. The topological polar surface area (TPSA) is 129 Å². The number of rotatable bonds is 4. The Morgan fingerprint density at radius 1 is 1.25 bits per heavy atom. The lowest BCUT2D eigenvalue weighted by Gasteiger charge is -2.29. The zero-order valence-corrected chi connectivity index (χ0v) is 14.0. The van der Waals surface area contributed by atoms with Gasteiger partial charge in [0.1, 0.15) is 11.7 Å². The molecule has 0 amide bonds. The molecule has 0 spiro atoms. The highest BCUT2D eigenvalue weighted by Gasteiger charge is 2.65. The SMILES string of the molecule is N#CC1(C#N)CC(C=O)C(=N)[C@]1(C#N)CC(=O)c1ccc(Br)cc1. The molecule has 1 aromatic carbocycles. The van der Waals surface area contributed by atoms with Crippen molar-refractivity contribution in [3.05, 3.63) is 34.3 Å². The number of nitrogens with zero attached hydrogens (tertiary/aromatic N) is 3. The summed E-state index contributed by atoms with van der Waals surface area (Å²) in [7, 11) is 0. The third kappa shape index (κ3) is 2.42. The van der Waals surface area contributed by atoms with E-state index >= 15 is 0 Å². The summed E-state index contributed by atoms with van der Waals surface area (Å²) in [5, 5.41) is 36.8. The molecule has 1 unspecified atom stereocenters. The molecule has 24 heavy (non-hydrogen) atoms. The number of benzene rings is 1. The van der Waals surface area contributed by atoms with E-state index in [0.29, 0.717) is 11.8 Å². The number of Topliss-reactive ketones (excluding diaryl/α,β-unsaturated/α-hetero) is 1. The summed E-state index contributed by atoms with van der Waals surface area (Å²) in [6, 6.07) is 11.8. The van der Waals surface area contributed by atoms with Crippen LogP contribution in [0.1, 0.15) is 23.2 Å². The fraction of sp³-hybridized carbons (Fsp3) is 0.294. The first-order chi connectivity index (χ1) is 11.4. The Morgan fingerprint density at radius 2 is 1.83 bits per heavy atom. The van der Waals surface area contributed by atoms with Gasteiger partial charge in [-0.05, 0) is 18.6 Å². The molecule has 1 aliphatic rings. The van der Waals surface area contributed by atoms with Gasteiger partial charge in [-0.3, -0.25) is 4.79 Å². The second-order valence-corrected chi connectivity index (χ2v) is 6.53. The van der Waals surface area contributed by atoms with E-state index in [1.54, 1.807) is 36.4 Å². The van der Waals surface area contributed by atoms with Crippen molar-refractivity contribution in [2.75, 3.05) is 0 Å². The van der Waals surface area contributed by atoms with Crippen LogP contribution >= 0.6 is 15.9 Å². The van der Waals surface area contributed by atoms with E-state index in [9.17, 15) is 25.4 Å². The number of carbonyl (C=O) groups is 2. The Balaban J connectivity index is 2.52. The second kappa shape index (κ2) is 6.35. The smallest absolute Gasteiger partial charge is 0.169 e. The molecule has 2 atom stereocenters. The summed E-state index contributed by atoms with van der Waals surface area (Å²) < 4.78 is 0.770. The predicted octanol–water partition coefficient (Wildman–Crippen LogP) is 2.80. The van der Waals surface area contributed by atoms with E-state index in [4.69, 9.17) is 5.41 Å². The van der Waals surface area contributed by atoms with Crippen LogP contribution in [0.15, 0.2) is 28.7 Å². The van der Waals surface area contributed by atoms with Crippen molar-refractivity contribution in [2.24, 2.45) is 16.7 Å². The largest absolute Gasteiger partial charge is 0.307 e. The lowest BCUT2D eigenvalue weighted by Crippen LogP contribution is -2.41. The zero-order valence-electron chi connectivity index (χ0n) is 12.4. The molecule has 0 bridgehead atoms. The molecule has 0 aromatic heterocycles. The molecule has 0 heterocycles. The van der Waals surface area contributed by atoms with E-state index in [1.807, 2.05) is 6.07 Å². The number of hydrogen-bond acceptors (Lipinski definition) is 6. The summed E-state index contributed by atoms with van der Waals surface area (Å²) >= 11 is 3.25. The van der Waals surface area contributed by atoms with Crippen LogP contribution in [0.5, 0.6) is 0 Å². The van der Waals surface area contributed by atoms with E-state index in [-0.39, 0.29) is 12.1 Å². The van der Waals surface area contributed by atoms with Gasteiger partial charge in [0, 0.05) is 22.2 Å². The van der Waals surface area contributed by atoms with E-state index < -0.39 is 29.0 Å². The first kappa shape index (κ1) is 17.5. The normalized spacial score (nSPS) is 24.4. The molecule has 0 saturated heterocycles. The number of hydrogen-bond donors (Lipinski definition) is 1. The zero-order chi connectivity index (χ0) is 18.0. The van der Waals surface area contributed by atoms with E-state index in [0.717, 1.165) is 4.47 Å². The minimum Gasteiger partial charge on any atom is -0.307 e. The Kier molecular flexibility index (Phi) is 4.64. The number of ketones is 1. The fourth-order valence-corrected chi connectivity index (χ4v) is 3.26. The van der Waals surface area contributed by atoms with Gasteiger partial charge in [0.05, 0.1) is 24.1 Å². The number of carbonyl (C=O) groups excluding carboxylic acids is 2. The first-order valence-electron chi connectivity index (χ1n) is 6.96. The van der Waals surface area contributed by atoms with Gasteiger partial charge >= 0.3 is 0 Å². The highest BCUT2D eigenvalue weighted by Crippen LogP contribution is 2.54. The molecule has 1 saturated carbocycles. The summed E-state index contributed by atoms with van der Waals surface area (Å²) in [6.07, 6.45) is -0.284. The van der Waals surface area contributed by atoms with Gasteiger partial charge in [0.15, 0.2) is 11.2 Å². The lowest BCUT2D eigenvalue weighted by atomic mass is 9.64.